The number of hydrogen-bond acceptors (Lipinski definition) is 3. The predicted octanol–water partition coefficient (Wildman–Crippen LogP) is 12.1. The average molecular weight is 665 g/mol. The average Bonchev–Trinajstić information content (AvgIpc) is 3.52. The van der Waals surface area contributed by atoms with Gasteiger partial charge in [0.25, 0.3) is 0 Å². The van der Waals surface area contributed by atoms with Gasteiger partial charge >= 0.3 is 0 Å². The molecule has 1 unspecified atom stereocenters. The molecule has 0 N–H and O–H groups in total. The van der Waals surface area contributed by atoms with Gasteiger partial charge in [0.2, 0.25) is 0 Å². The fourth-order valence-corrected chi connectivity index (χ4v) is 8.26. The highest BCUT2D eigenvalue weighted by Crippen LogP contribution is 2.44. The van der Waals surface area contributed by atoms with E-state index in [4.69, 9.17) is 14.8 Å². The number of nitrogens with zero attached hydrogens (tertiary/aromatic N) is 4. The molecule has 0 aliphatic heterocycles. The lowest BCUT2D eigenvalue weighted by Gasteiger charge is -2.32. The topological polar surface area (TPSA) is 44.9 Å². The monoisotopic (exact) mass is 664 g/mol. The Morgan fingerprint density at radius 2 is 1.46 bits per heavy atom. The van der Waals surface area contributed by atoms with E-state index in [2.05, 4.69) is 164 Å². The number of para-hydroxylation sites is 1. The van der Waals surface area contributed by atoms with Crippen LogP contribution in [0.4, 0.5) is 0 Å². The lowest BCUT2D eigenvalue weighted by atomic mass is 9.72. The van der Waals surface area contributed by atoms with Crippen LogP contribution in [-0.2, 0) is 10.8 Å². The molecule has 5 heteroatoms. The third kappa shape index (κ3) is 6.05. The molecule has 3 heterocycles. The molecule has 0 radical (unpaired) electrons. The summed E-state index contributed by atoms with van der Waals surface area (Å²) in [5.41, 5.74) is 10.7. The van der Waals surface area contributed by atoms with Crippen molar-refractivity contribution in [1.29, 1.82) is 0 Å². The van der Waals surface area contributed by atoms with Crippen molar-refractivity contribution in [3.63, 3.8) is 0 Å². The fraction of sp³-hybridized carbons (Fsp3) is 0.378. The quantitative estimate of drug-likeness (QED) is 0.172. The summed E-state index contributed by atoms with van der Waals surface area (Å²) in [6, 6.07) is 25.9. The number of benzene rings is 3. The molecule has 258 valence electrons. The van der Waals surface area contributed by atoms with Gasteiger partial charge in [-0.25, -0.2) is 9.67 Å². The first-order valence-corrected chi connectivity index (χ1v) is 18.2. The molecule has 0 amide bonds. The van der Waals surface area contributed by atoms with Crippen LogP contribution >= 0.6 is 0 Å². The van der Waals surface area contributed by atoms with Gasteiger partial charge in [0.1, 0.15) is 17.3 Å². The van der Waals surface area contributed by atoms with E-state index in [9.17, 15) is 0 Å². The highest BCUT2D eigenvalue weighted by atomic mass is 16.5. The standard InChI is InChI=1S/C45H52N4O/c1-27-20-28(2)42(29(3)21-27)43-30(4)47-49(31(43)5)34-22-33(45(9,10)11)23-36(25-34)50-35-16-17-38-37-14-12-13-15-39(37)48(40(38)26-35)41-24-32(18-19-46-41)44(6,7)8/h12-20,22-27,29,42H,21H2,1-11H3/t27-,29-,42?/m0/s1. The Balaban J connectivity index is 1.34. The van der Waals surface area contributed by atoms with Crippen molar-refractivity contribution >= 4 is 21.8 Å². The smallest absolute Gasteiger partial charge is 0.137 e. The molecule has 5 nitrogen and oxygen atoms in total. The minimum absolute atomic E-state index is 0.00942. The Bertz CT molecular complexity index is 2270. The summed E-state index contributed by atoms with van der Waals surface area (Å²) in [6.45, 7) is 24.9. The molecule has 0 fully saturated rings. The van der Waals surface area contributed by atoms with Crippen molar-refractivity contribution in [3.8, 4) is 23.0 Å². The second-order valence-electron chi connectivity index (χ2n) is 16.8. The molecular formula is C45H52N4O. The molecule has 50 heavy (non-hydrogen) atoms. The largest absolute Gasteiger partial charge is 0.457 e. The molecule has 3 aromatic carbocycles. The zero-order valence-electron chi connectivity index (χ0n) is 31.7. The van der Waals surface area contributed by atoms with Gasteiger partial charge in [-0.05, 0) is 103 Å². The van der Waals surface area contributed by atoms with Crippen LogP contribution in [0, 0.1) is 25.7 Å². The van der Waals surface area contributed by atoms with E-state index in [0.717, 1.165) is 39.7 Å². The van der Waals surface area contributed by atoms with Crippen molar-refractivity contribution in [2.75, 3.05) is 0 Å². The summed E-state index contributed by atoms with van der Waals surface area (Å²) < 4.78 is 11.2. The van der Waals surface area contributed by atoms with Crippen LogP contribution in [0.25, 0.3) is 33.3 Å². The van der Waals surface area contributed by atoms with Gasteiger partial charge in [0.05, 0.1) is 22.4 Å². The second kappa shape index (κ2) is 12.3. The van der Waals surface area contributed by atoms with Crippen molar-refractivity contribution in [1.82, 2.24) is 19.3 Å². The highest BCUT2D eigenvalue weighted by molar-refractivity contribution is 6.09. The molecule has 7 rings (SSSR count). The highest BCUT2D eigenvalue weighted by Gasteiger charge is 2.32. The van der Waals surface area contributed by atoms with Crippen molar-refractivity contribution in [2.45, 2.75) is 99.3 Å². The lowest BCUT2D eigenvalue weighted by Crippen LogP contribution is -2.20. The zero-order chi connectivity index (χ0) is 35.7. The van der Waals surface area contributed by atoms with Crippen LogP contribution in [0.1, 0.15) is 103 Å². The van der Waals surface area contributed by atoms with E-state index in [1.807, 2.05) is 6.20 Å². The van der Waals surface area contributed by atoms with E-state index in [1.165, 1.54) is 45.2 Å². The number of allylic oxidation sites excluding steroid dienone is 2. The summed E-state index contributed by atoms with van der Waals surface area (Å²) >= 11 is 0. The first-order chi connectivity index (χ1) is 23.6. The Hall–Kier alpha value is -4.64. The maximum Gasteiger partial charge on any atom is 0.137 e. The van der Waals surface area contributed by atoms with Gasteiger partial charge < -0.3 is 4.74 Å². The van der Waals surface area contributed by atoms with Crippen LogP contribution in [0.2, 0.25) is 0 Å². The van der Waals surface area contributed by atoms with Gasteiger partial charge in [0, 0.05) is 46.3 Å². The number of fused-ring (bicyclic) bond motifs is 3. The van der Waals surface area contributed by atoms with Crippen molar-refractivity contribution in [2.24, 2.45) is 11.8 Å². The third-order valence-electron chi connectivity index (χ3n) is 10.7. The Morgan fingerprint density at radius 3 is 2.18 bits per heavy atom. The number of ether oxygens (including phenoxy) is 1. The van der Waals surface area contributed by atoms with E-state index in [1.54, 1.807) is 0 Å². The molecular weight excluding hydrogens is 613 g/mol. The number of aromatic nitrogens is 4. The molecule has 1 aliphatic rings. The summed E-state index contributed by atoms with van der Waals surface area (Å²) in [6.07, 6.45) is 5.58. The predicted molar refractivity (Wildman–Crippen MR) is 209 cm³/mol. The maximum atomic E-state index is 6.80. The maximum absolute atomic E-state index is 6.80. The van der Waals surface area contributed by atoms with Gasteiger partial charge in [-0.1, -0.05) is 85.2 Å². The summed E-state index contributed by atoms with van der Waals surface area (Å²) in [4.78, 5) is 4.87. The number of hydrogen-bond donors (Lipinski definition) is 0. The summed E-state index contributed by atoms with van der Waals surface area (Å²) in [5.74, 6) is 4.06. The SMILES string of the molecule is CC1=C[C@H](C)C[C@H](C)C1c1c(C)nn(-c2cc(Oc3ccc4c5ccccc5n(-c5cc(C(C)(C)C)ccn5)c4c3)cc(C(C)(C)C)c2)c1C. The van der Waals surface area contributed by atoms with Gasteiger partial charge in [-0.15, -0.1) is 0 Å². The van der Waals surface area contributed by atoms with E-state index >= 15 is 0 Å². The van der Waals surface area contributed by atoms with Gasteiger partial charge in [0.15, 0.2) is 0 Å². The van der Waals surface area contributed by atoms with Crippen molar-refractivity contribution in [3.05, 3.63) is 119 Å². The molecule has 0 saturated carbocycles. The zero-order valence-corrected chi connectivity index (χ0v) is 31.7. The number of aryl methyl sites for hydroxylation is 1. The van der Waals surface area contributed by atoms with Gasteiger partial charge in [-0.3, -0.25) is 4.57 Å². The Labute approximate surface area is 298 Å². The first-order valence-electron chi connectivity index (χ1n) is 18.2. The lowest BCUT2D eigenvalue weighted by molar-refractivity contribution is 0.390. The molecule has 3 aromatic heterocycles. The number of rotatable bonds is 5. The van der Waals surface area contributed by atoms with Gasteiger partial charge in [-0.2, -0.15) is 5.10 Å². The molecule has 0 spiro atoms. The third-order valence-corrected chi connectivity index (χ3v) is 10.7. The van der Waals surface area contributed by atoms with Crippen molar-refractivity contribution < 1.29 is 4.74 Å². The summed E-state index contributed by atoms with van der Waals surface area (Å²) in [5, 5.41) is 7.54. The second-order valence-corrected chi connectivity index (χ2v) is 16.8. The van der Waals surface area contributed by atoms with E-state index in [-0.39, 0.29) is 10.8 Å². The molecule has 0 saturated heterocycles. The van der Waals surface area contributed by atoms with Crippen LogP contribution in [-0.4, -0.2) is 19.3 Å². The molecule has 1 aliphatic carbocycles. The molecule has 6 aromatic rings. The Kier molecular flexibility index (Phi) is 8.32. The molecule has 0 bridgehead atoms. The van der Waals surface area contributed by atoms with E-state index < -0.39 is 0 Å². The normalized spacial score (nSPS) is 18.5. The van der Waals surface area contributed by atoms with Crippen LogP contribution in [0.15, 0.2) is 90.6 Å². The summed E-state index contributed by atoms with van der Waals surface area (Å²) in [7, 11) is 0. The minimum atomic E-state index is -0.0828. The minimum Gasteiger partial charge on any atom is -0.457 e. The number of pyridine rings is 1. The van der Waals surface area contributed by atoms with Crippen LogP contribution < -0.4 is 4.74 Å². The first kappa shape index (κ1) is 33.8. The van der Waals surface area contributed by atoms with E-state index in [0.29, 0.717) is 17.8 Å². The van der Waals surface area contributed by atoms with Crippen LogP contribution in [0.3, 0.4) is 0 Å². The van der Waals surface area contributed by atoms with Crippen LogP contribution in [0.5, 0.6) is 11.5 Å². The fourth-order valence-electron chi connectivity index (χ4n) is 8.26. The molecule has 3 atom stereocenters. The Morgan fingerprint density at radius 1 is 0.740 bits per heavy atom.